The Morgan fingerprint density at radius 2 is 1.87 bits per heavy atom. The summed E-state index contributed by atoms with van der Waals surface area (Å²) in [7, 11) is 3.93. The van der Waals surface area contributed by atoms with Gasteiger partial charge < -0.3 is 34.3 Å². The van der Waals surface area contributed by atoms with E-state index in [-0.39, 0.29) is 55.8 Å². The van der Waals surface area contributed by atoms with Crippen LogP contribution in [-0.2, 0) is 43.2 Å². The Morgan fingerprint density at radius 1 is 1.11 bits per heavy atom. The van der Waals surface area contributed by atoms with Crippen molar-refractivity contribution in [3.05, 3.63) is 52.1 Å². The van der Waals surface area contributed by atoms with Crippen molar-refractivity contribution in [1.82, 2.24) is 35.2 Å². The number of hydrogen-bond donors (Lipinski definition) is 3. The van der Waals surface area contributed by atoms with Crippen LogP contribution < -0.4 is 15.6 Å². The van der Waals surface area contributed by atoms with E-state index in [0.717, 1.165) is 95.8 Å². The number of pyridine rings is 1. The quantitative estimate of drug-likeness (QED) is 0.182. The van der Waals surface area contributed by atoms with Crippen molar-refractivity contribution >= 4 is 45.7 Å². The van der Waals surface area contributed by atoms with Crippen LogP contribution in [0.5, 0.6) is 0 Å². The van der Waals surface area contributed by atoms with E-state index in [4.69, 9.17) is 19.4 Å². The zero-order valence-electron chi connectivity index (χ0n) is 37.5. The molecule has 4 aliphatic rings. The zero-order valence-corrected chi connectivity index (χ0v) is 38.3. The Labute approximate surface area is 369 Å². The maximum absolute atomic E-state index is 14.3. The molecule has 2 amide bonds. The molecule has 15 heteroatoms. The first-order valence-corrected chi connectivity index (χ1v) is 23.4. The molecule has 2 saturated heterocycles. The van der Waals surface area contributed by atoms with Crippen LogP contribution in [0.4, 0.5) is 5.69 Å². The minimum absolute atomic E-state index is 0.136. The van der Waals surface area contributed by atoms with Crippen LogP contribution >= 0.6 is 11.3 Å². The summed E-state index contributed by atoms with van der Waals surface area (Å²) in [6, 6.07) is 7.95. The number of methoxy groups -OCH3 is 1. The van der Waals surface area contributed by atoms with Crippen molar-refractivity contribution in [2.45, 2.75) is 104 Å². The normalized spacial score (nSPS) is 25.5. The molecule has 3 N–H and O–H groups in total. The number of benzene rings is 1. The molecule has 1 aliphatic carbocycles. The molecule has 62 heavy (non-hydrogen) atoms. The lowest BCUT2D eigenvalue weighted by atomic mass is 9.84. The van der Waals surface area contributed by atoms with Crippen LogP contribution in [0.25, 0.3) is 33.4 Å². The summed E-state index contributed by atoms with van der Waals surface area (Å²) in [5, 5.41) is 19.0. The van der Waals surface area contributed by atoms with Gasteiger partial charge in [0.25, 0.3) is 5.91 Å². The van der Waals surface area contributed by atoms with Crippen molar-refractivity contribution in [3.8, 4) is 22.5 Å². The Bertz CT molecular complexity index is 2300. The van der Waals surface area contributed by atoms with Gasteiger partial charge in [0, 0.05) is 73.0 Å². The van der Waals surface area contributed by atoms with Crippen LogP contribution in [0.1, 0.15) is 89.1 Å². The first-order chi connectivity index (χ1) is 29.7. The number of rotatable bonds is 8. The average Bonchev–Trinajstić information content (AvgIpc) is 3.67. The number of carbonyl (C=O) groups excluding carboxylic acids is 2. The van der Waals surface area contributed by atoms with E-state index in [0.29, 0.717) is 30.9 Å². The van der Waals surface area contributed by atoms with E-state index < -0.39 is 23.0 Å². The Morgan fingerprint density at radius 3 is 2.56 bits per heavy atom. The number of carbonyl (C=O) groups is 3. The van der Waals surface area contributed by atoms with Gasteiger partial charge in [0.05, 0.1) is 53.3 Å². The van der Waals surface area contributed by atoms with Gasteiger partial charge in [-0.2, -0.15) is 0 Å². The second-order valence-electron chi connectivity index (χ2n) is 18.9. The van der Waals surface area contributed by atoms with Gasteiger partial charge >= 0.3 is 5.97 Å². The predicted octanol–water partition coefficient (Wildman–Crippen LogP) is 6.32. The molecule has 0 radical (unpaired) electrons. The second kappa shape index (κ2) is 18.0. The van der Waals surface area contributed by atoms with Crippen LogP contribution in [0.15, 0.2) is 35.8 Å². The highest BCUT2D eigenvalue weighted by atomic mass is 32.1. The summed E-state index contributed by atoms with van der Waals surface area (Å²) in [6.07, 6.45) is 6.22. The number of aryl methyl sites for hydroxylation is 1. The average molecular weight is 869 g/mol. The van der Waals surface area contributed by atoms with Gasteiger partial charge in [0.1, 0.15) is 6.04 Å². The molecule has 3 aromatic heterocycles. The van der Waals surface area contributed by atoms with E-state index >= 15 is 0 Å². The van der Waals surface area contributed by atoms with Crippen LogP contribution in [0.3, 0.4) is 0 Å². The lowest BCUT2D eigenvalue weighted by molar-refractivity contribution is -0.161. The summed E-state index contributed by atoms with van der Waals surface area (Å²) >= 11 is 1.46. The van der Waals surface area contributed by atoms with Crippen molar-refractivity contribution in [1.29, 1.82) is 0 Å². The number of anilines is 1. The molecule has 3 fully saturated rings. The van der Waals surface area contributed by atoms with E-state index in [9.17, 15) is 19.5 Å². The number of nitrogens with zero attached hydrogens (tertiary/aromatic N) is 6. The van der Waals surface area contributed by atoms with E-state index in [1.165, 1.54) is 16.3 Å². The summed E-state index contributed by atoms with van der Waals surface area (Å²) in [6.45, 7) is 15.8. The number of carboxylic acid groups (broad SMARTS) is 1. The second-order valence-corrected chi connectivity index (χ2v) is 19.9. The molecule has 3 aliphatic heterocycles. The molecule has 0 unspecified atom stereocenters. The lowest BCUT2D eigenvalue weighted by Crippen LogP contribution is -2.68. The molecule has 8 rings (SSSR count). The first kappa shape index (κ1) is 44.2. The third-order valence-corrected chi connectivity index (χ3v) is 14.3. The Balaban J connectivity index is 1.27. The number of hydrazine groups is 1. The minimum atomic E-state index is -1.53. The van der Waals surface area contributed by atoms with Crippen molar-refractivity contribution in [2.24, 2.45) is 17.3 Å². The lowest BCUT2D eigenvalue weighted by Gasteiger charge is -2.42. The van der Waals surface area contributed by atoms with Gasteiger partial charge in [-0.05, 0) is 108 Å². The number of amides is 2. The summed E-state index contributed by atoms with van der Waals surface area (Å²) in [5.41, 5.74) is 9.22. The van der Waals surface area contributed by atoms with Crippen molar-refractivity contribution < 1.29 is 29.0 Å². The number of fused-ring (bicyclic) bond motifs is 6. The highest BCUT2D eigenvalue weighted by Crippen LogP contribution is 2.43. The van der Waals surface area contributed by atoms with Crippen molar-refractivity contribution in [3.63, 3.8) is 0 Å². The predicted molar refractivity (Wildman–Crippen MR) is 242 cm³/mol. The fourth-order valence-corrected chi connectivity index (χ4v) is 10.5. The molecule has 5 atom stereocenters. The van der Waals surface area contributed by atoms with Gasteiger partial charge in [-0.15, -0.1) is 11.3 Å². The molecule has 6 bridgehead atoms. The fraction of sp³-hybridized carbons (Fsp3) is 0.596. The largest absolute Gasteiger partial charge is 0.480 e. The van der Waals surface area contributed by atoms with Crippen molar-refractivity contribution in [2.75, 3.05) is 65.0 Å². The molecular weight excluding hydrogens is 805 g/mol. The standard InChI is InChI=1S/C47H64N8O6S/c1-8-54-39-13-12-31-21-34(39)36(42(54)35-22-32(25-48-41(35)30(3)60-7)53-17-10-15-52(6)16-11-18-53)24-46(4,5)27-61-28-47(45(58)59)14-9-19-55(51-47)44(57)37(23-40-49-38(31)26-62-40)50-43(56)33-20-29(33)2/h12-13,21-22,25-26,29-30,33,37,51H,8-11,14-20,23-24,27-28H2,1-7H3,(H,50,56)(H,58,59)/t29-,30-,33-,37-,47-/m0/s1. The fourth-order valence-electron chi connectivity index (χ4n) is 9.70. The zero-order chi connectivity index (χ0) is 43.9. The van der Waals surface area contributed by atoms with E-state index in [1.807, 2.05) is 18.5 Å². The molecule has 334 valence electrons. The van der Waals surface area contributed by atoms with Crippen LogP contribution in [0.2, 0.25) is 0 Å². The molecule has 1 saturated carbocycles. The highest BCUT2D eigenvalue weighted by molar-refractivity contribution is 7.10. The van der Waals surface area contributed by atoms with Gasteiger partial charge in [-0.25, -0.2) is 10.4 Å². The number of ether oxygens (including phenoxy) is 2. The number of hydrogen-bond acceptors (Lipinski definition) is 11. The SMILES string of the molecule is CCn1c(-c2cc(N3CCCN(C)CCC3)cnc2[C@H](C)OC)c2c3cc(ccc31)-c1csc(n1)C[C@H](NC(=O)[C@H]1C[C@@H]1C)C(=O)N1CCC[C@@](C(=O)O)(COCC(C)(C)C2)N1. The molecule has 0 spiro atoms. The summed E-state index contributed by atoms with van der Waals surface area (Å²) in [5.74, 6) is -1.50. The minimum Gasteiger partial charge on any atom is -0.480 e. The monoisotopic (exact) mass is 868 g/mol. The Kier molecular flexibility index (Phi) is 12.8. The number of thiazole rings is 1. The molecular formula is C47H64N8O6S. The van der Waals surface area contributed by atoms with Gasteiger partial charge in [-0.3, -0.25) is 24.4 Å². The van der Waals surface area contributed by atoms with Gasteiger partial charge in [-0.1, -0.05) is 26.8 Å². The maximum Gasteiger partial charge on any atom is 0.328 e. The summed E-state index contributed by atoms with van der Waals surface area (Å²) < 4.78 is 14.9. The molecule has 1 aromatic carbocycles. The van der Waals surface area contributed by atoms with E-state index in [1.54, 1.807) is 7.11 Å². The third kappa shape index (κ3) is 9.01. The van der Waals surface area contributed by atoms with E-state index in [2.05, 4.69) is 84.1 Å². The number of nitrogens with one attached hydrogen (secondary N) is 2. The smallest absolute Gasteiger partial charge is 0.328 e. The Hall–Kier alpha value is -4.41. The third-order valence-electron chi connectivity index (χ3n) is 13.5. The van der Waals surface area contributed by atoms with Gasteiger partial charge in [0.2, 0.25) is 5.91 Å². The molecule has 4 aromatic rings. The number of aromatic nitrogens is 3. The highest BCUT2D eigenvalue weighted by Gasteiger charge is 2.46. The topological polar surface area (TPSA) is 154 Å². The van der Waals surface area contributed by atoms with Crippen LogP contribution in [-0.4, -0.2) is 119 Å². The maximum atomic E-state index is 14.3. The first-order valence-electron chi connectivity index (χ1n) is 22.5. The van der Waals surface area contributed by atoms with Crippen LogP contribution in [0, 0.1) is 17.3 Å². The number of aliphatic carboxylic acids is 1. The molecule has 6 heterocycles. The summed E-state index contributed by atoms with van der Waals surface area (Å²) in [4.78, 5) is 56.0. The number of carboxylic acids is 1. The molecule has 14 nitrogen and oxygen atoms in total. The van der Waals surface area contributed by atoms with Gasteiger partial charge in [0.15, 0.2) is 5.54 Å².